The first-order valence-electron chi connectivity index (χ1n) is 10.4. The highest BCUT2D eigenvalue weighted by Gasteiger charge is 2.29. The molecular weight excluding hydrogens is 452 g/mol. The third-order valence-corrected chi connectivity index (χ3v) is 7.75. The van der Waals surface area contributed by atoms with E-state index in [0.29, 0.717) is 42.0 Å². The van der Waals surface area contributed by atoms with E-state index in [0.717, 1.165) is 10.7 Å². The molecule has 0 N–H and O–H groups in total. The molecule has 1 aliphatic heterocycles. The zero-order valence-electron chi connectivity index (χ0n) is 19.0. The molecule has 1 saturated heterocycles. The standard InChI is InChI=1S/C23H29ClN2O5S/c1-15-9-16(2)14-26(13-15)23(27)17-7-6-8-18(10-17)32(28,29)25(3)20-11-19(24)21(30-4)12-22(20)31-5/h6-8,10-12,15-16H,9,13-14H2,1-5H3. The number of halogens is 1. The fourth-order valence-corrected chi connectivity index (χ4v) is 5.66. The Hall–Kier alpha value is -2.45. The summed E-state index contributed by atoms with van der Waals surface area (Å²) < 4.78 is 38.4. The number of carbonyl (C=O) groups excluding carboxylic acids is 1. The molecule has 32 heavy (non-hydrogen) atoms. The number of likely N-dealkylation sites (tertiary alicyclic amines) is 1. The first-order valence-corrected chi connectivity index (χ1v) is 12.2. The predicted octanol–water partition coefficient (Wildman–Crippen LogP) is 4.30. The Labute approximate surface area is 194 Å². The van der Waals surface area contributed by atoms with E-state index in [1.165, 1.54) is 45.5 Å². The van der Waals surface area contributed by atoms with E-state index in [2.05, 4.69) is 13.8 Å². The van der Waals surface area contributed by atoms with Crippen LogP contribution in [0.4, 0.5) is 5.69 Å². The van der Waals surface area contributed by atoms with Gasteiger partial charge in [0.05, 0.1) is 29.8 Å². The lowest BCUT2D eigenvalue weighted by atomic mass is 9.91. The number of amides is 1. The van der Waals surface area contributed by atoms with Crippen molar-refractivity contribution < 1.29 is 22.7 Å². The van der Waals surface area contributed by atoms with E-state index in [1.54, 1.807) is 17.0 Å². The van der Waals surface area contributed by atoms with Crippen molar-refractivity contribution in [3.05, 3.63) is 47.0 Å². The summed E-state index contributed by atoms with van der Waals surface area (Å²) in [6.45, 7) is 5.58. The SMILES string of the molecule is COc1cc(OC)c(N(C)S(=O)(=O)c2cccc(C(=O)N3CC(C)CC(C)C3)c2)cc1Cl. The van der Waals surface area contributed by atoms with Gasteiger partial charge in [-0.15, -0.1) is 0 Å². The summed E-state index contributed by atoms with van der Waals surface area (Å²) >= 11 is 6.22. The van der Waals surface area contributed by atoms with Crippen molar-refractivity contribution in [3.8, 4) is 11.5 Å². The van der Waals surface area contributed by atoms with E-state index in [-0.39, 0.29) is 21.5 Å². The number of sulfonamides is 1. The largest absolute Gasteiger partial charge is 0.495 e. The van der Waals surface area contributed by atoms with Crippen LogP contribution in [0.5, 0.6) is 11.5 Å². The van der Waals surface area contributed by atoms with E-state index >= 15 is 0 Å². The van der Waals surface area contributed by atoms with Crippen LogP contribution in [-0.4, -0.2) is 53.6 Å². The van der Waals surface area contributed by atoms with Gasteiger partial charge in [0, 0.05) is 31.8 Å². The molecule has 0 saturated carbocycles. The van der Waals surface area contributed by atoms with Gasteiger partial charge in [0.15, 0.2) is 0 Å². The molecule has 0 radical (unpaired) electrons. The number of benzene rings is 2. The maximum absolute atomic E-state index is 13.4. The zero-order valence-corrected chi connectivity index (χ0v) is 20.5. The van der Waals surface area contributed by atoms with Crippen molar-refractivity contribution in [1.82, 2.24) is 4.90 Å². The molecule has 1 amide bonds. The van der Waals surface area contributed by atoms with Crippen molar-refractivity contribution >= 4 is 33.2 Å². The number of piperidine rings is 1. The van der Waals surface area contributed by atoms with Crippen molar-refractivity contribution in [1.29, 1.82) is 0 Å². The molecule has 7 nitrogen and oxygen atoms in total. The zero-order chi connectivity index (χ0) is 23.6. The molecule has 1 heterocycles. The maximum atomic E-state index is 13.4. The summed E-state index contributed by atoms with van der Waals surface area (Å²) in [4.78, 5) is 14.9. The molecule has 9 heteroatoms. The molecule has 0 spiro atoms. The third-order valence-electron chi connectivity index (χ3n) is 5.69. The van der Waals surface area contributed by atoms with Gasteiger partial charge >= 0.3 is 0 Å². The Balaban J connectivity index is 1.94. The topological polar surface area (TPSA) is 76.1 Å². The van der Waals surface area contributed by atoms with Gasteiger partial charge in [0.2, 0.25) is 0 Å². The molecule has 0 bridgehead atoms. The van der Waals surface area contributed by atoms with Gasteiger partial charge in [-0.2, -0.15) is 0 Å². The Morgan fingerprint density at radius 3 is 2.28 bits per heavy atom. The molecule has 0 aliphatic carbocycles. The van der Waals surface area contributed by atoms with E-state index in [1.807, 2.05) is 0 Å². The molecule has 174 valence electrons. The lowest BCUT2D eigenvalue weighted by Crippen LogP contribution is -2.42. The number of carbonyl (C=O) groups is 1. The van der Waals surface area contributed by atoms with Crippen LogP contribution in [-0.2, 0) is 10.0 Å². The number of ether oxygens (including phenoxy) is 2. The summed E-state index contributed by atoms with van der Waals surface area (Å²) in [5.41, 5.74) is 0.606. The minimum Gasteiger partial charge on any atom is -0.495 e. The Kier molecular flexibility index (Phi) is 7.25. The number of anilines is 1. The molecule has 2 aromatic rings. The number of rotatable bonds is 6. The van der Waals surface area contributed by atoms with Gasteiger partial charge < -0.3 is 14.4 Å². The fourth-order valence-electron chi connectivity index (χ4n) is 4.18. The highest BCUT2D eigenvalue weighted by Crippen LogP contribution is 2.39. The van der Waals surface area contributed by atoms with Crippen LogP contribution in [0, 0.1) is 11.8 Å². The summed E-state index contributed by atoms with van der Waals surface area (Å²) in [5, 5.41) is 0.252. The molecule has 2 unspecified atom stereocenters. The van der Waals surface area contributed by atoms with Crippen LogP contribution >= 0.6 is 11.6 Å². The van der Waals surface area contributed by atoms with Gasteiger partial charge in [-0.25, -0.2) is 8.42 Å². The van der Waals surface area contributed by atoms with Crippen LogP contribution in [0.2, 0.25) is 5.02 Å². The van der Waals surface area contributed by atoms with E-state index < -0.39 is 10.0 Å². The third kappa shape index (κ3) is 4.81. The summed E-state index contributed by atoms with van der Waals surface area (Å²) in [6.07, 6.45) is 1.08. The lowest BCUT2D eigenvalue weighted by molar-refractivity contribution is 0.0623. The normalized spacial score (nSPS) is 18.9. The first-order chi connectivity index (χ1) is 15.1. The van der Waals surface area contributed by atoms with Crippen molar-refractivity contribution in [2.75, 3.05) is 38.7 Å². The van der Waals surface area contributed by atoms with Crippen LogP contribution < -0.4 is 13.8 Å². The van der Waals surface area contributed by atoms with Crippen LogP contribution in [0.3, 0.4) is 0 Å². The van der Waals surface area contributed by atoms with Crippen LogP contribution in [0.15, 0.2) is 41.3 Å². The monoisotopic (exact) mass is 480 g/mol. The lowest BCUT2D eigenvalue weighted by Gasteiger charge is -2.35. The van der Waals surface area contributed by atoms with Crippen LogP contribution in [0.25, 0.3) is 0 Å². The average molecular weight is 481 g/mol. The van der Waals surface area contributed by atoms with Crippen LogP contribution in [0.1, 0.15) is 30.6 Å². The highest BCUT2D eigenvalue weighted by atomic mass is 35.5. The number of hydrogen-bond acceptors (Lipinski definition) is 5. The predicted molar refractivity (Wildman–Crippen MR) is 125 cm³/mol. The molecule has 3 rings (SSSR count). The van der Waals surface area contributed by atoms with Crippen molar-refractivity contribution in [3.63, 3.8) is 0 Å². The molecule has 2 aromatic carbocycles. The fraction of sp³-hybridized carbons (Fsp3) is 0.435. The van der Waals surface area contributed by atoms with E-state index in [9.17, 15) is 13.2 Å². The Morgan fingerprint density at radius 1 is 1.06 bits per heavy atom. The van der Waals surface area contributed by atoms with Crippen molar-refractivity contribution in [2.45, 2.75) is 25.2 Å². The Bertz CT molecular complexity index is 1100. The van der Waals surface area contributed by atoms with E-state index in [4.69, 9.17) is 21.1 Å². The number of nitrogens with zero attached hydrogens (tertiary/aromatic N) is 2. The van der Waals surface area contributed by atoms with Gasteiger partial charge in [-0.3, -0.25) is 9.10 Å². The second-order valence-electron chi connectivity index (χ2n) is 8.32. The second kappa shape index (κ2) is 9.58. The van der Waals surface area contributed by atoms with Gasteiger partial charge in [-0.05, 0) is 42.5 Å². The highest BCUT2D eigenvalue weighted by molar-refractivity contribution is 7.92. The molecule has 1 fully saturated rings. The summed E-state index contributed by atoms with van der Waals surface area (Å²) in [7, 11) is 0.331. The summed E-state index contributed by atoms with van der Waals surface area (Å²) in [6, 6.07) is 9.14. The Morgan fingerprint density at radius 2 is 1.69 bits per heavy atom. The van der Waals surface area contributed by atoms with Gasteiger partial charge in [-0.1, -0.05) is 31.5 Å². The van der Waals surface area contributed by atoms with Gasteiger partial charge in [0.1, 0.15) is 11.5 Å². The number of methoxy groups -OCH3 is 2. The maximum Gasteiger partial charge on any atom is 0.264 e. The molecule has 2 atom stereocenters. The van der Waals surface area contributed by atoms with Crippen molar-refractivity contribution in [2.24, 2.45) is 11.8 Å². The number of hydrogen-bond donors (Lipinski definition) is 0. The quantitative estimate of drug-likeness (QED) is 0.616. The first kappa shape index (κ1) is 24.2. The minimum absolute atomic E-state index is 0.0120. The molecular formula is C23H29ClN2O5S. The van der Waals surface area contributed by atoms with Gasteiger partial charge in [0.25, 0.3) is 15.9 Å². The minimum atomic E-state index is -3.99. The smallest absolute Gasteiger partial charge is 0.264 e. The average Bonchev–Trinajstić information content (AvgIpc) is 2.77. The summed E-state index contributed by atoms with van der Waals surface area (Å²) in [5.74, 6) is 1.32. The molecule has 1 aliphatic rings. The molecule has 0 aromatic heterocycles. The second-order valence-corrected chi connectivity index (χ2v) is 10.7.